The first-order valence-corrected chi connectivity index (χ1v) is 8.29. The van der Waals surface area contributed by atoms with Crippen molar-refractivity contribution >= 4 is 11.8 Å². The summed E-state index contributed by atoms with van der Waals surface area (Å²) >= 11 is 0. The Bertz CT molecular complexity index is 557. The van der Waals surface area contributed by atoms with Crippen LogP contribution in [0.5, 0.6) is 0 Å². The lowest BCUT2D eigenvalue weighted by molar-refractivity contribution is 0.0583. The van der Waals surface area contributed by atoms with E-state index in [-0.39, 0.29) is 6.09 Å². The highest BCUT2D eigenvalue weighted by Crippen LogP contribution is 2.39. The van der Waals surface area contributed by atoms with E-state index in [4.69, 9.17) is 4.74 Å². The Kier molecular flexibility index (Phi) is 4.13. The maximum atomic E-state index is 12.6. The molecule has 0 saturated carbocycles. The van der Waals surface area contributed by atoms with Gasteiger partial charge in [0.2, 0.25) is 0 Å². The second kappa shape index (κ2) is 5.92. The molecule has 0 spiro atoms. The van der Waals surface area contributed by atoms with Crippen LogP contribution in [-0.4, -0.2) is 31.3 Å². The van der Waals surface area contributed by atoms with E-state index in [2.05, 4.69) is 23.5 Å². The van der Waals surface area contributed by atoms with E-state index < -0.39 is 5.60 Å². The van der Waals surface area contributed by atoms with Gasteiger partial charge in [-0.1, -0.05) is 18.2 Å². The van der Waals surface area contributed by atoms with Gasteiger partial charge in [0.15, 0.2) is 0 Å². The van der Waals surface area contributed by atoms with Crippen LogP contribution in [0, 0.1) is 0 Å². The average molecular weight is 302 g/mol. The summed E-state index contributed by atoms with van der Waals surface area (Å²) in [5, 5.41) is 3.41. The molecule has 1 N–H and O–H groups in total. The van der Waals surface area contributed by atoms with Crippen LogP contribution in [0.2, 0.25) is 0 Å². The molecule has 2 heterocycles. The van der Waals surface area contributed by atoms with Crippen molar-refractivity contribution < 1.29 is 9.53 Å². The van der Waals surface area contributed by atoms with Gasteiger partial charge in [-0.25, -0.2) is 4.79 Å². The van der Waals surface area contributed by atoms with Crippen LogP contribution in [0.4, 0.5) is 10.5 Å². The van der Waals surface area contributed by atoms with E-state index in [1.54, 1.807) is 0 Å². The molecule has 0 bridgehead atoms. The van der Waals surface area contributed by atoms with Gasteiger partial charge in [-0.2, -0.15) is 0 Å². The Morgan fingerprint density at radius 1 is 1.27 bits per heavy atom. The van der Waals surface area contributed by atoms with Crippen LogP contribution in [-0.2, 0) is 11.2 Å². The van der Waals surface area contributed by atoms with Gasteiger partial charge in [-0.3, -0.25) is 4.90 Å². The van der Waals surface area contributed by atoms with Crippen molar-refractivity contribution in [3.05, 3.63) is 29.3 Å². The number of nitrogens with one attached hydrogen (secondary N) is 1. The molecular weight excluding hydrogens is 276 g/mol. The lowest BCUT2D eigenvalue weighted by Gasteiger charge is -2.29. The molecule has 3 rings (SSSR count). The van der Waals surface area contributed by atoms with Crippen molar-refractivity contribution in [2.45, 2.75) is 51.6 Å². The zero-order valence-electron chi connectivity index (χ0n) is 13.8. The zero-order chi connectivity index (χ0) is 15.7. The molecule has 2 aliphatic heterocycles. The van der Waals surface area contributed by atoms with Crippen LogP contribution < -0.4 is 10.2 Å². The van der Waals surface area contributed by atoms with Crippen LogP contribution >= 0.6 is 0 Å². The van der Waals surface area contributed by atoms with Crippen molar-refractivity contribution in [1.29, 1.82) is 0 Å². The van der Waals surface area contributed by atoms with Crippen molar-refractivity contribution in [3.63, 3.8) is 0 Å². The first-order valence-electron chi connectivity index (χ1n) is 8.29. The molecule has 1 aromatic rings. The number of para-hydroxylation sites is 1. The summed E-state index contributed by atoms with van der Waals surface area (Å²) in [5.74, 6) is 0.541. The lowest BCUT2D eigenvalue weighted by Crippen LogP contribution is -2.36. The molecule has 22 heavy (non-hydrogen) atoms. The molecule has 4 heteroatoms. The first-order chi connectivity index (χ1) is 10.5. The summed E-state index contributed by atoms with van der Waals surface area (Å²) in [6, 6.07) is 6.47. The number of anilines is 1. The van der Waals surface area contributed by atoms with Gasteiger partial charge in [-0.15, -0.1) is 0 Å². The van der Waals surface area contributed by atoms with Crippen LogP contribution in [0.15, 0.2) is 18.2 Å². The Balaban J connectivity index is 1.89. The minimum absolute atomic E-state index is 0.215. The number of carbonyl (C=O) groups excluding carboxylic acids is 1. The topological polar surface area (TPSA) is 41.6 Å². The fourth-order valence-corrected chi connectivity index (χ4v) is 3.45. The Labute approximate surface area is 132 Å². The normalized spacial score (nSPS) is 19.1. The number of nitrogens with zero attached hydrogens (tertiary/aromatic N) is 1. The van der Waals surface area contributed by atoms with Gasteiger partial charge < -0.3 is 10.1 Å². The minimum atomic E-state index is -0.455. The molecule has 1 saturated heterocycles. The highest BCUT2D eigenvalue weighted by atomic mass is 16.6. The SMILES string of the molecule is CC(C)(C)OC(=O)N1CCc2cccc(C3CCNCC3)c21. The van der Waals surface area contributed by atoms with Gasteiger partial charge in [0.05, 0.1) is 5.69 Å². The summed E-state index contributed by atoms with van der Waals surface area (Å²) in [5.41, 5.74) is 3.26. The van der Waals surface area contributed by atoms with Crippen LogP contribution in [0.1, 0.15) is 50.7 Å². The molecule has 0 aliphatic carbocycles. The predicted octanol–water partition coefficient (Wildman–Crippen LogP) is 3.45. The van der Waals surface area contributed by atoms with E-state index in [1.165, 1.54) is 11.1 Å². The number of hydrogen-bond acceptors (Lipinski definition) is 3. The maximum absolute atomic E-state index is 12.6. The number of carbonyl (C=O) groups is 1. The van der Waals surface area contributed by atoms with E-state index in [1.807, 2.05) is 25.7 Å². The summed E-state index contributed by atoms with van der Waals surface area (Å²) in [4.78, 5) is 14.4. The second-order valence-electron chi connectivity index (χ2n) is 7.26. The van der Waals surface area contributed by atoms with Crippen molar-refractivity contribution in [3.8, 4) is 0 Å². The second-order valence-corrected chi connectivity index (χ2v) is 7.26. The van der Waals surface area contributed by atoms with Crippen LogP contribution in [0.3, 0.4) is 0 Å². The van der Waals surface area contributed by atoms with E-state index in [0.717, 1.165) is 44.6 Å². The lowest BCUT2D eigenvalue weighted by atomic mass is 9.88. The third-order valence-electron chi connectivity index (χ3n) is 4.42. The predicted molar refractivity (Wildman–Crippen MR) is 88.6 cm³/mol. The molecule has 0 aromatic heterocycles. The minimum Gasteiger partial charge on any atom is -0.443 e. The average Bonchev–Trinajstić information content (AvgIpc) is 2.90. The van der Waals surface area contributed by atoms with Gasteiger partial charge in [0.1, 0.15) is 5.60 Å². The molecular formula is C18H26N2O2. The number of fused-ring (bicyclic) bond motifs is 1. The number of ether oxygens (including phenoxy) is 1. The summed E-state index contributed by atoms with van der Waals surface area (Å²) < 4.78 is 5.60. The van der Waals surface area contributed by atoms with E-state index in [9.17, 15) is 4.79 Å². The summed E-state index contributed by atoms with van der Waals surface area (Å²) in [6.07, 6.45) is 2.98. The summed E-state index contributed by atoms with van der Waals surface area (Å²) in [6.45, 7) is 8.59. The monoisotopic (exact) mass is 302 g/mol. The molecule has 0 radical (unpaired) electrons. The maximum Gasteiger partial charge on any atom is 0.414 e. The third kappa shape index (κ3) is 3.12. The van der Waals surface area contributed by atoms with Crippen LogP contribution in [0.25, 0.3) is 0 Å². The number of benzene rings is 1. The van der Waals surface area contributed by atoms with E-state index >= 15 is 0 Å². The number of rotatable bonds is 1. The van der Waals surface area contributed by atoms with Gasteiger partial charge in [-0.05, 0) is 70.2 Å². The largest absolute Gasteiger partial charge is 0.443 e. The Hall–Kier alpha value is -1.55. The van der Waals surface area contributed by atoms with Gasteiger partial charge >= 0.3 is 6.09 Å². The molecule has 1 amide bonds. The zero-order valence-corrected chi connectivity index (χ0v) is 13.8. The quantitative estimate of drug-likeness (QED) is 0.864. The molecule has 0 atom stereocenters. The van der Waals surface area contributed by atoms with E-state index in [0.29, 0.717) is 5.92 Å². The number of amides is 1. The fraction of sp³-hybridized carbons (Fsp3) is 0.611. The highest BCUT2D eigenvalue weighted by molar-refractivity contribution is 5.92. The van der Waals surface area contributed by atoms with Crippen molar-refractivity contribution in [1.82, 2.24) is 5.32 Å². The fourth-order valence-electron chi connectivity index (χ4n) is 3.45. The smallest absolute Gasteiger partial charge is 0.414 e. The van der Waals surface area contributed by atoms with Crippen molar-refractivity contribution in [2.75, 3.05) is 24.5 Å². The van der Waals surface area contributed by atoms with Gasteiger partial charge in [0.25, 0.3) is 0 Å². The molecule has 1 fully saturated rings. The Morgan fingerprint density at radius 2 is 2.00 bits per heavy atom. The molecule has 120 valence electrons. The Morgan fingerprint density at radius 3 is 2.68 bits per heavy atom. The third-order valence-corrected chi connectivity index (χ3v) is 4.42. The van der Waals surface area contributed by atoms with Gasteiger partial charge in [0, 0.05) is 6.54 Å². The molecule has 4 nitrogen and oxygen atoms in total. The summed E-state index contributed by atoms with van der Waals surface area (Å²) in [7, 11) is 0. The number of hydrogen-bond donors (Lipinski definition) is 1. The number of piperidine rings is 1. The first kappa shape index (κ1) is 15.3. The van der Waals surface area contributed by atoms with Crippen molar-refractivity contribution in [2.24, 2.45) is 0 Å². The molecule has 0 unspecified atom stereocenters. The molecule has 2 aliphatic rings. The highest BCUT2D eigenvalue weighted by Gasteiger charge is 2.32. The molecule has 1 aromatic carbocycles. The standard InChI is InChI=1S/C18H26N2O2/c1-18(2,3)22-17(21)20-12-9-14-5-4-6-15(16(14)20)13-7-10-19-11-8-13/h4-6,13,19H,7-12H2,1-3H3.